The zero-order chi connectivity index (χ0) is 15.3. The Labute approximate surface area is 127 Å². The Bertz CT molecular complexity index is 873. The summed E-state index contributed by atoms with van der Waals surface area (Å²) in [4.78, 5) is 15.6. The van der Waals surface area contributed by atoms with Gasteiger partial charge in [-0.05, 0) is 38.3 Å². The molecular weight excluding hydrogens is 278 g/mol. The van der Waals surface area contributed by atoms with Crippen LogP contribution in [0.4, 0.5) is 0 Å². The lowest BCUT2D eigenvalue weighted by Crippen LogP contribution is -2.14. The lowest BCUT2D eigenvalue weighted by Gasteiger charge is -2.13. The topological polar surface area (TPSA) is 70.8 Å². The minimum atomic E-state index is -0.330. The fraction of sp³-hybridized carbons (Fsp3) is 0.294. The summed E-state index contributed by atoms with van der Waals surface area (Å²) in [7, 11) is 0. The number of aryl methyl sites for hydroxylation is 1. The number of hydrogen-bond donors (Lipinski definition) is 2. The molecule has 3 aromatic rings. The zero-order valence-corrected chi connectivity index (χ0v) is 12.6. The first-order chi connectivity index (χ1) is 10.6. The van der Waals surface area contributed by atoms with Gasteiger partial charge >= 0.3 is 5.97 Å². The molecule has 2 aromatic heterocycles. The molecule has 1 aliphatic rings. The van der Waals surface area contributed by atoms with E-state index in [2.05, 4.69) is 27.3 Å². The maximum absolute atomic E-state index is 12.2. The second kappa shape index (κ2) is 4.73. The van der Waals surface area contributed by atoms with Crippen LogP contribution in [0.2, 0.25) is 0 Å². The molecule has 1 aliphatic carbocycles. The summed E-state index contributed by atoms with van der Waals surface area (Å²) in [6.45, 7) is 3.69. The van der Waals surface area contributed by atoms with Gasteiger partial charge in [0, 0.05) is 16.5 Å². The van der Waals surface area contributed by atoms with Crippen LogP contribution in [0, 0.1) is 0 Å². The molecule has 4 rings (SSSR count). The number of esters is 1. The predicted octanol–water partition coefficient (Wildman–Crippen LogP) is 3.22. The van der Waals surface area contributed by atoms with E-state index in [9.17, 15) is 4.79 Å². The summed E-state index contributed by atoms with van der Waals surface area (Å²) in [5.41, 5.74) is 5.67. The standard InChI is InChI=1S/C17H17N3O2/c1-9(2)22-17(21)16-12-8-7-11-10-5-3-4-6-13(10)18-14(11)15(12)19-20-16/h3-6,9,18H,7-8H2,1-2H3,(H,19,20). The van der Waals surface area contributed by atoms with Gasteiger partial charge in [0.25, 0.3) is 0 Å². The number of benzene rings is 1. The van der Waals surface area contributed by atoms with Gasteiger partial charge in [-0.15, -0.1) is 0 Å². The number of aromatic amines is 2. The van der Waals surface area contributed by atoms with Gasteiger partial charge in [-0.2, -0.15) is 5.10 Å². The average Bonchev–Trinajstić information content (AvgIpc) is 3.07. The summed E-state index contributed by atoms with van der Waals surface area (Å²) in [6.07, 6.45) is 1.55. The van der Waals surface area contributed by atoms with Crippen LogP contribution < -0.4 is 0 Å². The van der Waals surface area contributed by atoms with Gasteiger partial charge in [0.2, 0.25) is 0 Å². The summed E-state index contributed by atoms with van der Waals surface area (Å²) in [5, 5.41) is 8.46. The number of carbonyl (C=O) groups is 1. The number of rotatable bonds is 2. The van der Waals surface area contributed by atoms with Crippen LogP contribution in [0.5, 0.6) is 0 Å². The molecule has 0 fully saturated rings. The average molecular weight is 295 g/mol. The number of hydrogen-bond acceptors (Lipinski definition) is 3. The molecule has 0 saturated carbocycles. The molecule has 0 atom stereocenters. The van der Waals surface area contributed by atoms with Gasteiger partial charge < -0.3 is 9.72 Å². The third kappa shape index (κ3) is 1.85. The Balaban J connectivity index is 1.83. The van der Waals surface area contributed by atoms with E-state index in [1.54, 1.807) is 0 Å². The van der Waals surface area contributed by atoms with Crippen molar-refractivity contribution in [3.63, 3.8) is 0 Å². The second-order valence-electron chi connectivity index (χ2n) is 5.90. The molecule has 0 saturated heterocycles. The van der Waals surface area contributed by atoms with E-state index in [4.69, 9.17) is 4.74 Å². The molecule has 5 heteroatoms. The monoisotopic (exact) mass is 295 g/mol. The Hall–Kier alpha value is -2.56. The molecule has 2 N–H and O–H groups in total. The van der Waals surface area contributed by atoms with E-state index in [0.717, 1.165) is 35.3 Å². The Morgan fingerprint density at radius 2 is 2.00 bits per heavy atom. The molecule has 2 heterocycles. The van der Waals surface area contributed by atoms with Crippen molar-refractivity contribution in [1.29, 1.82) is 0 Å². The molecule has 0 aliphatic heterocycles. The minimum absolute atomic E-state index is 0.140. The van der Waals surface area contributed by atoms with Gasteiger partial charge in [0.05, 0.1) is 11.8 Å². The Morgan fingerprint density at radius 3 is 2.82 bits per heavy atom. The third-order valence-corrected chi connectivity index (χ3v) is 4.09. The minimum Gasteiger partial charge on any atom is -0.458 e. The summed E-state index contributed by atoms with van der Waals surface area (Å²) >= 11 is 0. The molecule has 1 aromatic carbocycles. The van der Waals surface area contributed by atoms with Crippen LogP contribution in [-0.2, 0) is 17.6 Å². The molecule has 112 valence electrons. The normalized spacial score (nSPS) is 13.2. The fourth-order valence-electron chi connectivity index (χ4n) is 3.17. The number of para-hydroxylation sites is 1. The van der Waals surface area contributed by atoms with Crippen molar-refractivity contribution >= 4 is 16.9 Å². The van der Waals surface area contributed by atoms with Crippen LogP contribution >= 0.6 is 0 Å². The largest absolute Gasteiger partial charge is 0.458 e. The predicted molar refractivity (Wildman–Crippen MR) is 83.8 cm³/mol. The van der Waals surface area contributed by atoms with E-state index >= 15 is 0 Å². The highest BCUT2D eigenvalue weighted by Crippen LogP contribution is 2.37. The SMILES string of the molecule is CC(C)OC(=O)c1[nH]nc2c1CCc1c-2[nH]c2ccccc12. The van der Waals surface area contributed by atoms with E-state index in [1.165, 1.54) is 10.9 Å². The molecular formula is C17H17N3O2. The Kier molecular flexibility index (Phi) is 2.82. The lowest BCUT2D eigenvalue weighted by atomic mass is 9.92. The first kappa shape index (κ1) is 13.1. The fourth-order valence-corrected chi connectivity index (χ4v) is 3.17. The zero-order valence-electron chi connectivity index (χ0n) is 12.6. The van der Waals surface area contributed by atoms with E-state index < -0.39 is 0 Å². The first-order valence-electron chi connectivity index (χ1n) is 7.53. The highest BCUT2D eigenvalue weighted by Gasteiger charge is 2.28. The summed E-state index contributed by atoms with van der Waals surface area (Å²) in [5.74, 6) is -0.330. The maximum Gasteiger partial charge on any atom is 0.356 e. The second-order valence-corrected chi connectivity index (χ2v) is 5.90. The van der Waals surface area contributed by atoms with Crippen molar-refractivity contribution in [2.75, 3.05) is 0 Å². The quantitative estimate of drug-likeness (QED) is 0.713. The van der Waals surface area contributed by atoms with Crippen molar-refractivity contribution in [1.82, 2.24) is 15.2 Å². The van der Waals surface area contributed by atoms with Crippen molar-refractivity contribution in [2.45, 2.75) is 32.8 Å². The number of nitrogens with one attached hydrogen (secondary N) is 2. The van der Waals surface area contributed by atoms with E-state index in [0.29, 0.717) is 5.69 Å². The molecule has 0 bridgehead atoms. The van der Waals surface area contributed by atoms with E-state index in [1.807, 2.05) is 26.0 Å². The Morgan fingerprint density at radius 1 is 1.23 bits per heavy atom. The number of fused-ring (bicyclic) bond motifs is 5. The van der Waals surface area contributed by atoms with Crippen molar-refractivity contribution < 1.29 is 9.53 Å². The lowest BCUT2D eigenvalue weighted by molar-refractivity contribution is 0.0369. The van der Waals surface area contributed by atoms with Gasteiger partial charge in [0.1, 0.15) is 11.4 Å². The van der Waals surface area contributed by atoms with Crippen LogP contribution in [0.3, 0.4) is 0 Å². The van der Waals surface area contributed by atoms with Gasteiger partial charge in [0.15, 0.2) is 0 Å². The van der Waals surface area contributed by atoms with Crippen molar-refractivity contribution in [2.24, 2.45) is 0 Å². The van der Waals surface area contributed by atoms with E-state index in [-0.39, 0.29) is 12.1 Å². The number of H-pyrrole nitrogens is 2. The number of nitrogens with zero attached hydrogens (tertiary/aromatic N) is 1. The number of aromatic nitrogens is 3. The highest BCUT2D eigenvalue weighted by atomic mass is 16.5. The third-order valence-electron chi connectivity index (χ3n) is 4.09. The van der Waals surface area contributed by atoms with Crippen LogP contribution in [0.1, 0.15) is 35.5 Å². The van der Waals surface area contributed by atoms with Gasteiger partial charge in [-0.1, -0.05) is 18.2 Å². The first-order valence-corrected chi connectivity index (χ1v) is 7.53. The molecule has 0 amide bonds. The molecule has 0 unspecified atom stereocenters. The molecule has 5 nitrogen and oxygen atoms in total. The molecule has 0 spiro atoms. The molecule has 22 heavy (non-hydrogen) atoms. The van der Waals surface area contributed by atoms with Crippen LogP contribution in [0.15, 0.2) is 24.3 Å². The maximum atomic E-state index is 12.2. The van der Waals surface area contributed by atoms with Gasteiger partial charge in [-0.25, -0.2) is 4.79 Å². The highest BCUT2D eigenvalue weighted by molar-refractivity contribution is 5.95. The summed E-state index contributed by atoms with van der Waals surface area (Å²) < 4.78 is 5.29. The van der Waals surface area contributed by atoms with Crippen LogP contribution in [0.25, 0.3) is 22.3 Å². The van der Waals surface area contributed by atoms with Crippen molar-refractivity contribution in [3.05, 3.63) is 41.1 Å². The number of ether oxygens (including phenoxy) is 1. The summed E-state index contributed by atoms with van der Waals surface area (Å²) in [6, 6.07) is 8.24. The van der Waals surface area contributed by atoms with Crippen molar-refractivity contribution in [3.8, 4) is 11.4 Å². The smallest absolute Gasteiger partial charge is 0.356 e. The van der Waals surface area contributed by atoms with Crippen LogP contribution in [-0.4, -0.2) is 27.3 Å². The van der Waals surface area contributed by atoms with Gasteiger partial charge in [-0.3, -0.25) is 5.10 Å². The molecule has 0 radical (unpaired) electrons. The number of carbonyl (C=O) groups excluding carboxylic acids is 1.